The summed E-state index contributed by atoms with van der Waals surface area (Å²) in [6, 6.07) is 53.2. The maximum absolute atomic E-state index is 12.9. The van der Waals surface area contributed by atoms with Crippen LogP contribution in [0.1, 0.15) is 55.4 Å². The van der Waals surface area contributed by atoms with Crippen molar-refractivity contribution in [2.45, 2.75) is 26.7 Å². The van der Waals surface area contributed by atoms with E-state index >= 15 is 0 Å². The lowest BCUT2D eigenvalue weighted by Crippen LogP contribution is -2.02. The zero-order chi connectivity index (χ0) is 41.8. The Morgan fingerprint density at radius 3 is 1.07 bits per heavy atom. The van der Waals surface area contributed by atoms with Crippen LogP contribution in [-0.2, 0) is 12.8 Å². The number of nitrogen functional groups attached to an aromatic ring is 2. The van der Waals surface area contributed by atoms with Gasteiger partial charge in [0.15, 0.2) is 0 Å². The fraction of sp³-hybridized carbons (Fsp3) is 0.0800. The monoisotopic (exact) mass is 828 g/mol. The van der Waals surface area contributed by atoms with E-state index in [1.165, 1.54) is 22.7 Å². The molecule has 8 rings (SSSR count). The van der Waals surface area contributed by atoms with Gasteiger partial charge in [-0.25, -0.2) is 0 Å². The van der Waals surface area contributed by atoms with Gasteiger partial charge in [-0.15, -0.1) is 22.7 Å². The number of anilines is 6. The molecule has 0 fully saturated rings. The van der Waals surface area contributed by atoms with Crippen LogP contribution in [0.25, 0.3) is 0 Å². The molecule has 0 saturated carbocycles. The lowest BCUT2D eigenvalue weighted by molar-refractivity contribution is 0.103. The van der Waals surface area contributed by atoms with Gasteiger partial charge in [0.25, 0.3) is 0 Å². The van der Waals surface area contributed by atoms with E-state index < -0.39 is 0 Å². The van der Waals surface area contributed by atoms with Gasteiger partial charge < -0.3 is 31.6 Å². The third-order valence-corrected chi connectivity index (χ3v) is 11.8. The number of hydrogen-bond acceptors (Lipinski definition) is 10. The van der Waals surface area contributed by atoms with Crippen molar-refractivity contribution < 1.29 is 19.1 Å². The van der Waals surface area contributed by atoms with Crippen molar-refractivity contribution in [2.75, 3.05) is 22.1 Å². The maximum Gasteiger partial charge on any atom is 0.205 e. The number of hydrogen-bond donors (Lipinski definition) is 4. The highest BCUT2D eigenvalue weighted by atomic mass is 32.1. The molecule has 0 aliphatic carbocycles. The number of carbonyl (C=O) groups is 2. The number of para-hydroxylation sites is 2. The molecule has 0 bridgehead atoms. The quantitative estimate of drug-likeness (QED) is 0.0798. The van der Waals surface area contributed by atoms with Crippen molar-refractivity contribution in [1.82, 2.24) is 0 Å². The first-order valence-electron chi connectivity index (χ1n) is 19.5. The zero-order valence-electron chi connectivity index (χ0n) is 33.2. The van der Waals surface area contributed by atoms with Gasteiger partial charge in [-0.2, -0.15) is 0 Å². The minimum Gasteiger partial charge on any atom is -0.457 e. The summed E-state index contributed by atoms with van der Waals surface area (Å²) in [6.45, 7) is 4.08. The van der Waals surface area contributed by atoms with E-state index in [0.717, 1.165) is 68.3 Å². The highest BCUT2D eigenvalue weighted by molar-refractivity contribution is 7.19. The first-order chi connectivity index (χ1) is 29.3. The fourth-order valence-corrected chi connectivity index (χ4v) is 8.75. The number of thiophene rings is 2. The van der Waals surface area contributed by atoms with Gasteiger partial charge in [0.1, 0.15) is 32.8 Å². The molecule has 0 atom stereocenters. The summed E-state index contributed by atoms with van der Waals surface area (Å²) in [5, 5.41) is 8.61. The van der Waals surface area contributed by atoms with Gasteiger partial charge in [0.2, 0.25) is 11.6 Å². The molecule has 6 N–H and O–H groups in total. The molecule has 2 aromatic heterocycles. The summed E-state index contributed by atoms with van der Waals surface area (Å²) in [7, 11) is 0. The van der Waals surface area contributed by atoms with Gasteiger partial charge in [-0.3, -0.25) is 9.59 Å². The molecule has 10 heteroatoms. The molecule has 300 valence electrons. The standard InChI is InChI=1S/2C25H22N2O2S/c2*1-2-21-22(26)24(23(28)17-9-5-3-6-10-17)30-25(21)27-18-13-15-20(16-14-18)29-19-11-7-4-8-12-19/h2*3-16,27H,2,26H2,1H3. The molecule has 0 aliphatic heterocycles. The van der Waals surface area contributed by atoms with Crippen molar-refractivity contribution in [3.63, 3.8) is 0 Å². The molecule has 60 heavy (non-hydrogen) atoms. The van der Waals surface area contributed by atoms with Crippen LogP contribution in [0.2, 0.25) is 0 Å². The topological polar surface area (TPSA) is 129 Å². The Morgan fingerprint density at radius 1 is 0.450 bits per heavy atom. The van der Waals surface area contributed by atoms with E-state index in [1.807, 2.05) is 184 Å². The van der Waals surface area contributed by atoms with E-state index in [2.05, 4.69) is 10.6 Å². The lowest BCUT2D eigenvalue weighted by Gasteiger charge is -2.09. The van der Waals surface area contributed by atoms with Gasteiger partial charge in [-0.1, -0.05) is 111 Å². The van der Waals surface area contributed by atoms with E-state index in [9.17, 15) is 9.59 Å². The van der Waals surface area contributed by atoms with Crippen LogP contribution >= 0.6 is 22.7 Å². The molecule has 8 nitrogen and oxygen atoms in total. The number of nitrogens with two attached hydrogens (primary N) is 2. The summed E-state index contributed by atoms with van der Waals surface area (Å²) in [6.07, 6.45) is 1.48. The lowest BCUT2D eigenvalue weighted by atomic mass is 10.1. The Bertz CT molecular complexity index is 2460. The molecule has 0 saturated heterocycles. The fourth-order valence-electron chi connectivity index (χ4n) is 6.36. The Labute approximate surface area is 358 Å². The van der Waals surface area contributed by atoms with Crippen LogP contribution in [0.15, 0.2) is 170 Å². The summed E-state index contributed by atoms with van der Waals surface area (Å²) in [4.78, 5) is 27.0. The SMILES string of the molecule is CCc1c(Nc2ccc(Oc3ccccc3)cc2)sc(C(=O)c2ccccc2)c1N.CCc1c(Nc2ccc(Oc3ccccc3)cc2)sc(C(=O)c2ccccc2)c1N. The molecular formula is C50H44N4O4S2. The Balaban J connectivity index is 0.000000181. The normalized spacial score (nSPS) is 10.6. The second kappa shape index (κ2) is 19.5. The van der Waals surface area contributed by atoms with Crippen molar-refractivity contribution in [1.29, 1.82) is 0 Å². The van der Waals surface area contributed by atoms with Crippen molar-refractivity contribution in [3.05, 3.63) is 202 Å². The third-order valence-electron chi connectivity index (χ3n) is 9.47. The smallest absolute Gasteiger partial charge is 0.205 e. The summed E-state index contributed by atoms with van der Waals surface area (Å²) >= 11 is 2.80. The Kier molecular flexibility index (Phi) is 13.4. The Morgan fingerprint density at radius 2 is 0.750 bits per heavy atom. The predicted molar refractivity (Wildman–Crippen MR) is 248 cm³/mol. The minimum absolute atomic E-state index is 0.0486. The van der Waals surface area contributed by atoms with Crippen molar-refractivity contribution in [2.24, 2.45) is 0 Å². The van der Waals surface area contributed by atoms with E-state index in [1.54, 1.807) is 0 Å². The van der Waals surface area contributed by atoms with E-state index in [4.69, 9.17) is 20.9 Å². The first-order valence-corrected chi connectivity index (χ1v) is 21.2. The minimum atomic E-state index is -0.0486. The van der Waals surface area contributed by atoms with Gasteiger partial charge >= 0.3 is 0 Å². The second-order valence-corrected chi connectivity index (χ2v) is 15.6. The van der Waals surface area contributed by atoms with Gasteiger partial charge in [-0.05, 0) is 85.6 Å². The van der Waals surface area contributed by atoms with Crippen LogP contribution in [0.5, 0.6) is 23.0 Å². The molecule has 0 amide bonds. The van der Waals surface area contributed by atoms with Gasteiger partial charge in [0, 0.05) is 33.6 Å². The molecule has 0 unspecified atom stereocenters. The molecule has 0 radical (unpaired) electrons. The first kappa shape index (κ1) is 41.0. The second-order valence-electron chi connectivity index (χ2n) is 13.5. The summed E-state index contributed by atoms with van der Waals surface area (Å²) in [5.74, 6) is 3.00. The van der Waals surface area contributed by atoms with Crippen LogP contribution in [0.3, 0.4) is 0 Å². The van der Waals surface area contributed by atoms with Crippen LogP contribution < -0.4 is 31.6 Å². The Hall–Kier alpha value is -7.14. The number of nitrogens with one attached hydrogen (secondary N) is 2. The molecule has 6 aromatic carbocycles. The van der Waals surface area contributed by atoms with Crippen LogP contribution in [0.4, 0.5) is 32.8 Å². The predicted octanol–water partition coefficient (Wildman–Crippen LogP) is 13.3. The zero-order valence-corrected chi connectivity index (χ0v) is 34.8. The van der Waals surface area contributed by atoms with Gasteiger partial charge in [0.05, 0.1) is 21.4 Å². The molecule has 2 heterocycles. The summed E-state index contributed by atoms with van der Waals surface area (Å²) in [5.41, 5.74) is 18.8. The molecular weight excluding hydrogens is 785 g/mol. The van der Waals surface area contributed by atoms with Crippen molar-refractivity contribution >= 4 is 67.0 Å². The molecule has 8 aromatic rings. The highest BCUT2D eigenvalue weighted by Crippen LogP contribution is 2.41. The number of ether oxygens (including phenoxy) is 2. The molecule has 0 aliphatic rings. The molecule has 0 spiro atoms. The number of carbonyl (C=O) groups excluding carboxylic acids is 2. The summed E-state index contributed by atoms with van der Waals surface area (Å²) < 4.78 is 11.7. The van der Waals surface area contributed by atoms with E-state index in [-0.39, 0.29) is 11.6 Å². The van der Waals surface area contributed by atoms with Crippen LogP contribution in [0, 0.1) is 0 Å². The van der Waals surface area contributed by atoms with Crippen molar-refractivity contribution in [3.8, 4) is 23.0 Å². The number of ketones is 2. The van der Waals surface area contributed by atoms with E-state index in [0.29, 0.717) is 32.3 Å². The largest absolute Gasteiger partial charge is 0.457 e. The third kappa shape index (κ3) is 9.93. The maximum atomic E-state index is 12.9. The average Bonchev–Trinajstić information content (AvgIpc) is 3.79. The highest BCUT2D eigenvalue weighted by Gasteiger charge is 2.23. The number of rotatable bonds is 14. The van der Waals surface area contributed by atoms with Crippen LogP contribution in [-0.4, -0.2) is 11.6 Å². The average molecular weight is 829 g/mol. The number of benzene rings is 6.